The first-order valence-corrected chi connectivity index (χ1v) is 6.50. The van der Waals surface area contributed by atoms with Crippen molar-refractivity contribution in [2.24, 2.45) is 0 Å². The van der Waals surface area contributed by atoms with Crippen LogP contribution in [0.15, 0.2) is 12.0 Å². The van der Waals surface area contributed by atoms with Crippen molar-refractivity contribution in [1.29, 1.82) is 0 Å². The van der Waals surface area contributed by atoms with Crippen molar-refractivity contribution in [3.05, 3.63) is 12.0 Å². The molecule has 0 bridgehead atoms. The molecule has 0 saturated carbocycles. The predicted octanol–water partition coefficient (Wildman–Crippen LogP) is 3.38. The van der Waals surface area contributed by atoms with E-state index in [9.17, 15) is 0 Å². The molecule has 0 N–H and O–H groups in total. The van der Waals surface area contributed by atoms with Crippen LogP contribution in [-0.2, 0) is 0 Å². The molecule has 0 aromatic rings. The van der Waals surface area contributed by atoms with E-state index in [1.165, 1.54) is 12.8 Å². The van der Waals surface area contributed by atoms with E-state index >= 15 is 0 Å². The maximum absolute atomic E-state index is 3.89. The third-order valence-electron chi connectivity index (χ3n) is 2.20. The number of hydrogen-bond donors (Lipinski definition) is 0. The SMILES string of the molecule is C=CS(C)(C)C(CC)CC. The van der Waals surface area contributed by atoms with Crippen LogP contribution in [0, 0.1) is 0 Å². The highest BCUT2D eigenvalue weighted by atomic mass is 32.3. The highest BCUT2D eigenvalue weighted by Gasteiger charge is 2.16. The summed E-state index contributed by atoms with van der Waals surface area (Å²) in [4.78, 5) is 0. The maximum atomic E-state index is 3.89. The van der Waals surface area contributed by atoms with E-state index < -0.39 is 10.0 Å². The Kier molecular flexibility index (Phi) is 4.11. The first-order valence-electron chi connectivity index (χ1n) is 3.93. The van der Waals surface area contributed by atoms with Gasteiger partial charge in [-0.05, 0) is 30.6 Å². The fourth-order valence-corrected chi connectivity index (χ4v) is 3.27. The Hall–Kier alpha value is 0.0900. The first kappa shape index (κ1) is 10.1. The minimum atomic E-state index is -0.497. The normalized spacial score (nSPS) is 13.7. The molecule has 0 spiro atoms. The zero-order valence-corrected chi connectivity index (χ0v) is 8.50. The molecule has 0 fully saturated rings. The maximum Gasteiger partial charge on any atom is -0.00890 e. The number of rotatable bonds is 4. The standard InChI is InChI=1S/C9H20S/c1-6-9(7-2)10(4,5)8-3/h8-9H,3,6-7H2,1-2,4-5H3. The third-order valence-corrected chi connectivity index (χ3v) is 5.44. The Morgan fingerprint density at radius 2 is 1.70 bits per heavy atom. The summed E-state index contributed by atoms with van der Waals surface area (Å²) in [5.74, 6) is 0. The van der Waals surface area contributed by atoms with Crippen molar-refractivity contribution in [2.45, 2.75) is 31.9 Å². The van der Waals surface area contributed by atoms with Crippen molar-refractivity contribution >= 4 is 10.0 Å². The largest absolute Gasteiger partial charge is 0.225 e. The molecule has 0 radical (unpaired) electrons. The molecular formula is C9H20S. The van der Waals surface area contributed by atoms with Crippen molar-refractivity contribution in [3.63, 3.8) is 0 Å². The van der Waals surface area contributed by atoms with Crippen LogP contribution in [0.3, 0.4) is 0 Å². The molecule has 0 aromatic heterocycles. The molecule has 0 heterocycles. The smallest absolute Gasteiger partial charge is 0.00890 e. The summed E-state index contributed by atoms with van der Waals surface area (Å²) in [7, 11) is -0.497. The molecule has 0 saturated heterocycles. The summed E-state index contributed by atoms with van der Waals surface area (Å²) in [5, 5.41) is 3.04. The van der Waals surface area contributed by atoms with Gasteiger partial charge in [-0.3, -0.25) is 0 Å². The van der Waals surface area contributed by atoms with Crippen LogP contribution in [0.5, 0.6) is 0 Å². The Balaban J connectivity index is 4.10. The molecule has 0 rings (SSSR count). The predicted molar refractivity (Wildman–Crippen MR) is 54.0 cm³/mol. The summed E-state index contributed by atoms with van der Waals surface area (Å²) in [6, 6.07) is 0. The minimum absolute atomic E-state index is 0.497. The van der Waals surface area contributed by atoms with Gasteiger partial charge < -0.3 is 0 Å². The molecule has 0 aromatic carbocycles. The van der Waals surface area contributed by atoms with Crippen LogP contribution in [0.1, 0.15) is 26.7 Å². The average molecular weight is 160 g/mol. The van der Waals surface area contributed by atoms with Crippen molar-refractivity contribution in [3.8, 4) is 0 Å². The van der Waals surface area contributed by atoms with Crippen LogP contribution in [-0.4, -0.2) is 17.8 Å². The van der Waals surface area contributed by atoms with Crippen molar-refractivity contribution in [2.75, 3.05) is 12.5 Å². The van der Waals surface area contributed by atoms with E-state index in [0.29, 0.717) is 0 Å². The Labute approximate surface area is 67.0 Å². The van der Waals surface area contributed by atoms with Gasteiger partial charge in [0.05, 0.1) is 0 Å². The monoisotopic (exact) mass is 160 g/mol. The molecule has 0 amide bonds. The average Bonchev–Trinajstić information content (AvgIpc) is 1.90. The Morgan fingerprint density at radius 1 is 1.30 bits per heavy atom. The second-order valence-corrected chi connectivity index (χ2v) is 7.07. The van der Waals surface area contributed by atoms with Gasteiger partial charge in [0.1, 0.15) is 0 Å². The lowest BCUT2D eigenvalue weighted by Crippen LogP contribution is -2.12. The molecule has 0 aliphatic carbocycles. The summed E-state index contributed by atoms with van der Waals surface area (Å²) in [5.41, 5.74) is 0. The third kappa shape index (κ3) is 2.37. The van der Waals surface area contributed by atoms with E-state index in [-0.39, 0.29) is 0 Å². The van der Waals surface area contributed by atoms with Gasteiger partial charge in [-0.15, -0.1) is 0 Å². The molecule has 10 heavy (non-hydrogen) atoms. The lowest BCUT2D eigenvalue weighted by molar-refractivity contribution is 0.786. The topological polar surface area (TPSA) is 0 Å². The fraction of sp³-hybridized carbons (Fsp3) is 0.778. The van der Waals surface area contributed by atoms with E-state index in [0.717, 1.165) is 5.25 Å². The van der Waals surface area contributed by atoms with Crippen LogP contribution >= 0.6 is 10.0 Å². The molecule has 0 aliphatic heterocycles. The van der Waals surface area contributed by atoms with Crippen LogP contribution < -0.4 is 0 Å². The van der Waals surface area contributed by atoms with Crippen LogP contribution in [0.4, 0.5) is 0 Å². The van der Waals surface area contributed by atoms with Gasteiger partial charge in [-0.1, -0.05) is 25.8 Å². The zero-order valence-electron chi connectivity index (χ0n) is 7.68. The summed E-state index contributed by atoms with van der Waals surface area (Å²) in [6.45, 7) is 8.43. The summed E-state index contributed by atoms with van der Waals surface area (Å²) >= 11 is 0. The molecule has 62 valence electrons. The highest BCUT2D eigenvalue weighted by Crippen LogP contribution is 2.48. The molecule has 0 unspecified atom stereocenters. The van der Waals surface area contributed by atoms with E-state index in [1.807, 2.05) is 0 Å². The van der Waals surface area contributed by atoms with Gasteiger partial charge in [0.2, 0.25) is 0 Å². The Bertz CT molecular complexity index is 101. The fourth-order valence-electron chi connectivity index (χ4n) is 1.28. The molecule has 1 heteroatoms. The van der Waals surface area contributed by atoms with Gasteiger partial charge in [0.25, 0.3) is 0 Å². The molecular weight excluding hydrogens is 140 g/mol. The zero-order chi connectivity index (χ0) is 8.20. The van der Waals surface area contributed by atoms with E-state index in [4.69, 9.17) is 0 Å². The van der Waals surface area contributed by atoms with Gasteiger partial charge in [-0.2, -0.15) is 0 Å². The second kappa shape index (κ2) is 4.07. The van der Waals surface area contributed by atoms with Crippen molar-refractivity contribution in [1.82, 2.24) is 0 Å². The second-order valence-electron chi connectivity index (χ2n) is 3.09. The minimum Gasteiger partial charge on any atom is -0.225 e. The quantitative estimate of drug-likeness (QED) is 0.591. The first-order chi connectivity index (χ1) is 4.58. The van der Waals surface area contributed by atoms with Gasteiger partial charge in [0.15, 0.2) is 0 Å². The van der Waals surface area contributed by atoms with Gasteiger partial charge >= 0.3 is 0 Å². The summed E-state index contributed by atoms with van der Waals surface area (Å²) in [6.07, 6.45) is 7.28. The van der Waals surface area contributed by atoms with E-state index in [1.54, 1.807) is 0 Å². The van der Waals surface area contributed by atoms with Crippen molar-refractivity contribution < 1.29 is 0 Å². The lowest BCUT2D eigenvalue weighted by Gasteiger charge is -2.35. The van der Waals surface area contributed by atoms with Crippen LogP contribution in [0.2, 0.25) is 0 Å². The summed E-state index contributed by atoms with van der Waals surface area (Å²) < 4.78 is 0. The van der Waals surface area contributed by atoms with Gasteiger partial charge in [-0.25, -0.2) is 10.0 Å². The van der Waals surface area contributed by atoms with Crippen LogP contribution in [0.25, 0.3) is 0 Å². The Morgan fingerprint density at radius 3 is 1.80 bits per heavy atom. The number of hydrogen-bond acceptors (Lipinski definition) is 0. The lowest BCUT2D eigenvalue weighted by atomic mass is 10.3. The van der Waals surface area contributed by atoms with Gasteiger partial charge in [0, 0.05) is 0 Å². The highest BCUT2D eigenvalue weighted by molar-refractivity contribution is 8.35. The molecule has 0 nitrogen and oxygen atoms in total. The molecule has 0 atom stereocenters. The molecule has 0 aliphatic rings. The van der Waals surface area contributed by atoms with E-state index in [2.05, 4.69) is 38.3 Å².